The molecule has 0 radical (unpaired) electrons. The Morgan fingerprint density at radius 3 is 2.53 bits per heavy atom. The fraction of sp³-hybridized carbons (Fsp3) is 0.133. The van der Waals surface area contributed by atoms with Crippen LogP contribution < -0.4 is 9.47 Å². The molecule has 0 saturated heterocycles. The lowest BCUT2D eigenvalue weighted by Gasteiger charge is -2.10. The summed E-state index contributed by atoms with van der Waals surface area (Å²) < 4.78 is 24.1. The van der Waals surface area contributed by atoms with Crippen LogP contribution in [-0.2, 0) is 6.61 Å². The van der Waals surface area contributed by atoms with Crippen LogP contribution in [0.25, 0.3) is 0 Å². The van der Waals surface area contributed by atoms with Crippen molar-refractivity contribution in [3.05, 3.63) is 59.4 Å². The van der Waals surface area contributed by atoms with E-state index in [4.69, 9.17) is 9.47 Å². The molecular weight excluding hydrogens is 247 g/mol. The topological polar surface area (TPSA) is 35.5 Å². The van der Waals surface area contributed by atoms with Crippen LogP contribution in [0, 0.1) is 5.82 Å². The van der Waals surface area contributed by atoms with Gasteiger partial charge in [-0.15, -0.1) is 0 Å². The second-order valence-corrected chi connectivity index (χ2v) is 3.92. The molecule has 19 heavy (non-hydrogen) atoms. The SMILES string of the molecule is COc1cc(OCc2ccccc2)c(F)cc1C=O. The Kier molecular flexibility index (Phi) is 4.13. The summed E-state index contributed by atoms with van der Waals surface area (Å²) in [6.45, 7) is 0.251. The first-order valence-corrected chi connectivity index (χ1v) is 5.74. The van der Waals surface area contributed by atoms with Gasteiger partial charge in [-0.1, -0.05) is 30.3 Å². The van der Waals surface area contributed by atoms with Crippen LogP contribution >= 0.6 is 0 Å². The first kappa shape index (κ1) is 13.1. The summed E-state index contributed by atoms with van der Waals surface area (Å²) in [4.78, 5) is 10.7. The Bertz CT molecular complexity index is 567. The van der Waals surface area contributed by atoms with Crippen LogP contribution in [0.4, 0.5) is 4.39 Å². The molecule has 0 aliphatic rings. The lowest BCUT2D eigenvalue weighted by Crippen LogP contribution is -2.00. The number of hydrogen-bond donors (Lipinski definition) is 0. The van der Waals surface area contributed by atoms with Crippen LogP contribution in [0.15, 0.2) is 42.5 Å². The van der Waals surface area contributed by atoms with Gasteiger partial charge in [0.15, 0.2) is 17.9 Å². The molecule has 0 aliphatic carbocycles. The van der Waals surface area contributed by atoms with Gasteiger partial charge in [0.2, 0.25) is 0 Å². The Morgan fingerprint density at radius 1 is 1.16 bits per heavy atom. The molecule has 0 heterocycles. The predicted octanol–water partition coefficient (Wildman–Crippen LogP) is 3.23. The molecule has 0 unspecified atom stereocenters. The number of carbonyl (C=O) groups is 1. The molecule has 2 aromatic carbocycles. The van der Waals surface area contributed by atoms with Gasteiger partial charge in [0.1, 0.15) is 12.4 Å². The molecule has 2 rings (SSSR count). The van der Waals surface area contributed by atoms with Crippen LogP contribution in [0.1, 0.15) is 15.9 Å². The quantitative estimate of drug-likeness (QED) is 0.774. The predicted molar refractivity (Wildman–Crippen MR) is 69.1 cm³/mol. The minimum Gasteiger partial charge on any atom is -0.496 e. The summed E-state index contributed by atoms with van der Waals surface area (Å²) in [6, 6.07) is 11.9. The van der Waals surface area contributed by atoms with Gasteiger partial charge in [-0.3, -0.25) is 4.79 Å². The molecule has 0 fully saturated rings. The van der Waals surface area contributed by atoms with E-state index in [0.717, 1.165) is 11.6 Å². The average Bonchev–Trinajstić information content (AvgIpc) is 2.46. The van der Waals surface area contributed by atoms with Gasteiger partial charge in [-0.05, 0) is 11.6 Å². The Balaban J connectivity index is 2.18. The van der Waals surface area contributed by atoms with Gasteiger partial charge in [-0.2, -0.15) is 0 Å². The molecule has 0 N–H and O–H groups in total. The standard InChI is InChI=1S/C15H13FO3/c1-18-14-8-15(13(16)7-12(14)9-17)19-10-11-5-3-2-4-6-11/h2-9H,10H2,1H3. The molecule has 0 saturated carbocycles. The minimum absolute atomic E-state index is 0.0614. The maximum absolute atomic E-state index is 13.7. The Morgan fingerprint density at radius 2 is 1.89 bits per heavy atom. The molecule has 0 amide bonds. The highest BCUT2D eigenvalue weighted by Gasteiger charge is 2.11. The number of halogens is 1. The minimum atomic E-state index is -0.584. The maximum Gasteiger partial charge on any atom is 0.166 e. The summed E-state index contributed by atoms with van der Waals surface area (Å²) in [5, 5.41) is 0. The van der Waals surface area contributed by atoms with Crippen LogP contribution in [0.3, 0.4) is 0 Å². The van der Waals surface area contributed by atoms with Crippen LogP contribution in [0.2, 0.25) is 0 Å². The third-order valence-electron chi connectivity index (χ3n) is 2.65. The van der Waals surface area contributed by atoms with E-state index in [1.165, 1.54) is 13.2 Å². The molecular formula is C15H13FO3. The molecule has 0 aromatic heterocycles. The van der Waals surface area contributed by atoms with E-state index in [1.807, 2.05) is 30.3 Å². The molecule has 3 nitrogen and oxygen atoms in total. The van der Waals surface area contributed by atoms with E-state index in [1.54, 1.807) is 0 Å². The fourth-order valence-corrected chi connectivity index (χ4v) is 1.66. The number of ether oxygens (including phenoxy) is 2. The highest BCUT2D eigenvalue weighted by atomic mass is 19.1. The van der Waals surface area contributed by atoms with Crippen LogP contribution in [-0.4, -0.2) is 13.4 Å². The second-order valence-electron chi connectivity index (χ2n) is 3.92. The summed E-state index contributed by atoms with van der Waals surface area (Å²) in [5.74, 6) is -0.232. The van der Waals surface area contributed by atoms with Crippen molar-refractivity contribution in [3.63, 3.8) is 0 Å². The monoisotopic (exact) mass is 260 g/mol. The summed E-state index contributed by atoms with van der Waals surface area (Å²) in [6.07, 6.45) is 0.545. The molecule has 0 atom stereocenters. The first-order valence-electron chi connectivity index (χ1n) is 5.74. The summed E-state index contributed by atoms with van der Waals surface area (Å²) in [5.41, 5.74) is 1.09. The molecule has 98 valence electrons. The van der Waals surface area contributed by atoms with Gasteiger partial charge < -0.3 is 9.47 Å². The maximum atomic E-state index is 13.7. The van der Waals surface area contributed by atoms with Crippen molar-refractivity contribution in [2.75, 3.05) is 7.11 Å². The van der Waals surface area contributed by atoms with E-state index < -0.39 is 5.82 Å². The Labute approximate surface area is 110 Å². The van der Waals surface area contributed by atoms with E-state index in [0.29, 0.717) is 12.0 Å². The lowest BCUT2D eigenvalue weighted by atomic mass is 10.2. The molecule has 2 aromatic rings. The van der Waals surface area contributed by atoms with Gasteiger partial charge in [0.05, 0.1) is 12.7 Å². The van der Waals surface area contributed by atoms with E-state index >= 15 is 0 Å². The first-order chi connectivity index (χ1) is 9.24. The van der Waals surface area contributed by atoms with Crippen molar-refractivity contribution < 1.29 is 18.7 Å². The van der Waals surface area contributed by atoms with Crippen molar-refractivity contribution in [2.45, 2.75) is 6.61 Å². The van der Waals surface area contributed by atoms with Crippen LogP contribution in [0.5, 0.6) is 11.5 Å². The average molecular weight is 260 g/mol. The van der Waals surface area contributed by atoms with Gasteiger partial charge in [-0.25, -0.2) is 4.39 Å². The number of hydrogen-bond acceptors (Lipinski definition) is 3. The third-order valence-corrected chi connectivity index (χ3v) is 2.65. The zero-order valence-corrected chi connectivity index (χ0v) is 10.4. The van der Waals surface area contributed by atoms with E-state index in [2.05, 4.69) is 0 Å². The summed E-state index contributed by atoms with van der Waals surface area (Å²) >= 11 is 0. The highest BCUT2D eigenvalue weighted by Crippen LogP contribution is 2.27. The van der Waals surface area contributed by atoms with Crippen molar-refractivity contribution in [2.24, 2.45) is 0 Å². The normalized spacial score (nSPS) is 10.0. The third kappa shape index (κ3) is 3.10. The van der Waals surface area contributed by atoms with Crippen molar-refractivity contribution in [3.8, 4) is 11.5 Å². The highest BCUT2D eigenvalue weighted by molar-refractivity contribution is 5.79. The number of carbonyl (C=O) groups excluding carboxylic acids is 1. The Hall–Kier alpha value is -2.36. The molecule has 4 heteroatoms. The van der Waals surface area contributed by atoms with Crippen molar-refractivity contribution in [1.29, 1.82) is 0 Å². The molecule has 0 aliphatic heterocycles. The number of methoxy groups -OCH3 is 1. The van der Waals surface area contributed by atoms with Crippen molar-refractivity contribution >= 4 is 6.29 Å². The smallest absolute Gasteiger partial charge is 0.166 e. The summed E-state index contributed by atoms with van der Waals surface area (Å²) in [7, 11) is 1.42. The number of benzene rings is 2. The van der Waals surface area contributed by atoms with E-state index in [-0.39, 0.29) is 17.9 Å². The zero-order valence-electron chi connectivity index (χ0n) is 10.4. The van der Waals surface area contributed by atoms with Crippen molar-refractivity contribution in [1.82, 2.24) is 0 Å². The molecule has 0 spiro atoms. The molecule has 0 bridgehead atoms. The lowest BCUT2D eigenvalue weighted by molar-refractivity contribution is 0.112. The largest absolute Gasteiger partial charge is 0.496 e. The number of rotatable bonds is 5. The van der Waals surface area contributed by atoms with E-state index in [9.17, 15) is 9.18 Å². The van der Waals surface area contributed by atoms with Gasteiger partial charge in [0.25, 0.3) is 0 Å². The van der Waals surface area contributed by atoms with Gasteiger partial charge in [0, 0.05) is 6.07 Å². The second kappa shape index (κ2) is 6.00. The van der Waals surface area contributed by atoms with Gasteiger partial charge >= 0.3 is 0 Å². The fourth-order valence-electron chi connectivity index (χ4n) is 1.66. The number of aldehydes is 1. The zero-order chi connectivity index (χ0) is 13.7.